The SMILES string of the molecule is CO[C@H](c1ncc(C)cn1)[C@H](C)S(=O)(=O)Cc1nnc(-c2cncc(C)c2)n1-c1c(C)cccc1C.O=C(O)C(F)(F)F. The molecule has 3 aromatic heterocycles. The summed E-state index contributed by atoms with van der Waals surface area (Å²) in [5, 5.41) is 15.0. The number of nitrogens with zero attached hydrogens (tertiary/aromatic N) is 6. The molecule has 0 saturated carbocycles. The Bertz CT molecular complexity index is 1670. The van der Waals surface area contributed by atoms with Gasteiger partial charge in [-0.25, -0.2) is 23.2 Å². The number of carbonyl (C=O) groups is 1. The van der Waals surface area contributed by atoms with Gasteiger partial charge in [-0.2, -0.15) is 13.2 Å². The molecular weight excluding hydrogens is 589 g/mol. The molecule has 4 aromatic rings. The summed E-state index contributed by atoms with van der Waals surface area (Å²) < 4.78 is 66.4. The molecule has 0 amide bonds. The average Bonchev–Trinajstić information content (AvgIpc) is 3.32. The van der Waals surface area contributed by atoms with Crippen molar-refractivity contribution in [1.29, 1.82) is 0 Å². The fraction of sp³-hybridized carbons (Fsp3) is 0.357. The van der Waals surface area contributed by atoms with E-state index in [4.69, 9.17) is 14.6 Å². The van der Waals surface area contributed by atoms with E-state index in [1.165, 1.54) is 7.11 Å². The Morgan fingerprint density at radius 1 is 1.00 bits per heavy atom. The molecule has 0 fully saturated rings. The lowest BCUT2D eigenvalue weighted by Gasteiger charge is -2.22. The number of pyridine rings is 1. The molecule has 0 bridgehead atoms. The van der Waals surface area contributed by atoms with Crippen LogP contribution in [0.5, 0.6) is 0 Å². The van der Waals surface area contributed by atoms with Crippen molar-refractivity contribution < 1.29 is 36.2 Å². The van der Waals surface area contributed by atoms with E-state index in [2.05, 4.69) is 25.1 Å². The number of sulfone groups is 1. The minimum Gasteiger partial charge on any atom is -0.475 e. The molecule has 11 nitrogen and oxygen atoms in total. The Labute approximate surface area is 246 Å². The highest BCUT2D eigenvalue weighted by Gasteiger charge is 2.38. The molecule has 4 rings (SSSR count). The van der Waals surface area contributed by atoms with Gasteiger partial charge in [-0.3, -0.25) is 9.55 Å². The fourth-order valence-corrected chi connectivity index (χ4v) is 5.64. The van der Waals surface area contributed by atoms with E-state index in [0.29, 0.717) is 17.5 Å². The summed E-state index contributed by atoms with van der Waals surface area (Å²) in [6.45, 7) is 9.39. The van der Waals surface area contributed by atoms with E-state index in [-0.39, 0.29) is 5.75 Å². The number of carboxylic acid groups (broad SMARTS) is 1. The van der Waals surface area contributed by atoms with Gasteiger partial charge in [0.2, 0.25) is 0 Å². The molecule has 15 heteroatoms. The Kier molecular flexibility index (Phi) is 10.3. The zero-order valence-corrected chi connectivity index (χ0v) is 25.1. The highest BCUT2D eigenvalue weighted by atomic mass is 32.2. The fourth-order valence-electron chi connectivity index (χ4n) is 4.22. The topological polar surface area (TPSA) is 150 Å². The summed E-state index contributed by atoms with van der Waals surface area (Å²) >= 11 is 0. The number of aryl methyl sites for hydroxylation is 4. The van der Waals surface area contributed by atoms with E-state index in [9.17, 15) is 21.6 Å². The summed E-state index contributed by atoms with van der Waals surface area (Å²) in [5.74, 6) is -1.92. The lowest BCUT2D eigenvalue weighted by molar-refractivity contribution is -0.192. The van der Waals surface area contributed by atoms with Gasteiger partial charge in [-0.1, -0.05) is 18.2 Å². The summed E-state index contributed by atoms with van der Waals surface area (Å²) in [4.78, 5) is 21.8. The van der Waals surface area contributed by atoms with Gasteiger partial charge < -0.3 is 9.84 Å². The van der Waals surface area contributed by atoms with Crippen LogP contribution in [0.1, 0.15) is 46.9 Å². The molecule has 3 heterocycles. The van der Waals surface area contributed by atoms with Crippen LogP contribution in [0.15, 0.2) is 49.1 Å². The van der Waals surface area contributed by atoms with Gasteiger partial charge in [0.1, 0.15) is 11.9 Å². The first-order chi connectivity index (χ1) is 20.1. The number of rotatable bonds is 8. The van der Waals surface area contributed by atoms with E-state index < -0.39 is 33.3 Å². The Hall–Kier alpha value is -4.24. The maximum absolute atomic E-state index is 13.7. The Balaban J connectivity index is 0.000000646. The number of hydrogen-bond acceptors (Lipinski definition) is 9. The second kappa shape index (κ2) is 13.4. The summed E-state index contributed by atoms with van der Waals surface area (Å²) in [6.07, 6.45) is 0.847. The van der Waals surface area contributed by atoms with E-state index in [0.717, 1.165) is 33.5 Å². The number of para-hydroxylation sites is 1. The van der Waals surface area contributed by atoms with Gasteiger partial charge in [0.15, 0.2) is 27.3 Å². The third-order valence-corrected chi connectivity index (χ3v) is 8.44. The second-order valence-electron chi connectivity index (χ2n) is 9.86. The lowest BCUT2D eigenvalue weighted by Crippen LogP contribution is -2.30. The van der Waals surface area contributed by atoms with Gasteiger partial charge >= 0.3 is 12.1 Å². The molecule has 0 spiro atoms. The van der Waals surface area contributed by atoms with E-state index in [1.54, 1.807) is 31.7 Å². The van der Waals surface area contributed by atoms with Crippen LogP contribution in [0.3, 0.4) is 0 Å². The minimum atomic E-state index is -5.08. The van der Waals surface area contributed by atoms with Crippen LogP contribution < -0.4 is 0 Å². The monoisotopic (exact) mass is 620 g/mol. The molecule has 0 aliphatic heterocycles. The Morgan fingerprint density at radius 2 is 1.58 bits per heavy atom. The normalized spacial score (nSPS) is 13.1. The third kappa shape index (κ3) is 7.99. The largest absolute Gasteiger partial charge is 0.490 e. The van der Waals surface area contributed by atoms with Crippen LogP contribution in [-0.2, 0) is 25.1 Å². The molecule has 0 aliphatic rings. The van der Waals surface area contributed by atoms with Crippen LogP contribution in [0.2, 0.25) is 0 Å². The number of methoxy groups -OCH3 is 1. The van der Waals surface area contributed by atoms with Crippen molar-refractivity contribution >= 4 is 15.8 Å². The second-order valence-corrected chi connectivity index (χ2v) is 12.2. The first-order valence-corrected chi connectivity index (χ1v) is 14.5. The Morgan fingerprint density at radius 3 is 2.09 bits per heavy atom. The number of alkyl halides is 3. The molecule has 0 aliphatic carbocycles. The molecule has 1 aromatic carbocycles. The minimum absolute atomic E-state index is 0.315. The highest BCUT2D eigenvalue weighted by Crippen LogP contribution is 2.30. The van der Waals surface area contributed by atoms with Gasteiger partial charge in [-0.15, -0.1) is 10.2 Å². The highest BCUT2D eigenvalue weighted by molar-refractivity contribution is 7.91. The molecular formula is C28H31F3N6O5S. The quantitative estimate of drug-likeness (QED) is 0.294. The van der Waals surface area contributed by atoms with E-state index >= 15 is 0 Å². The van der Waals surface area contributed by atoms with Crippen molar-refractivity contribution in [2.24, 2.45) is 0 Å². The van der Waals surface area contributed by atoms with Crippen LogP contribution in [0.4, 0.5) is 13.2 Å². The lowest BCUT2D eigenvalue weighted by atomic mass is 10.1. The van der Waals surface area contributed by atoms with Crippen molar-refractivity contribution in [3.05, 3.63) is 83.0 Å². The molecule has 0 saturated heterocycles. The van der Waals surface area contributed by atoms with Gasteiger partial charge in [0.05, 0.1) is 10.9 Å². The molecule has 0 unspecified atom stereocenters. The van der Waals surface area contributed by atoms with Crippen molar-refractivity contribution in [3.8, 4) is 17.1 Å². The number of carboxylic acids is 1. The standard InChI is InChI=1S/C26H30N6O3S.C2HF3O2/c1-16-10-21(14-27-11-16)26-31-30-22(32(26)23-18(3)8-7-9-19(23)4)15-36(33,34)20(5)24(35-6)25-28-12-17(2)13-29-25;3-2(4,5)1(6)7/h7-14,20,24H,15H2,1-6H3;(H,6,7)/t20-,24-;/m0./s1. The summed E-state index contributed by atoms with van der Waals surface area (Å²) in [6, 6.07) is 7.89. The van der Waals surface area contributed by atoms with Gasteiger partial charge in [0, 0.05) is 37.5 Å². The van der Waals surface area contributed by atoms with Crippen molar-refractivity contribution in [2.75, 3.05) is 7.11 Å². The van der Waals surface area contributed by atoms with Crippen molar-refractivity contribution in [2.45, 2.75) is 57.9 Å². The predicted molar refractivity (Wildman–Crippen MR) is 151 cm³/mol. The van der Waals surface area contributed by atoms with Crippen molar-refractivity contribution in [3.63, 3.8) is 0 Å². The number of halogens is 3. The average molecular weight is 621 g/mol. The van der Waals surface area contributed by atoms with Gasteiger partial charge in [-0.05, 0) is 62.9 Å². The number of aliphatic carboxylic acids is 1. The van der Waals surface area contributed by atoms with E-state index in [1.807, 2.05) is 56.5 Å². The number of hydrogen-bond donors (Lipinski definition) is 1. The summed E-state index contributed by atoms with van der Waals surface area (Å²) in [7, 11) is -2.30. The maximum Gasteiger partial charge on any atom is 0.490 e. The summed E-state index contributed by atoms with van der Waals surface area (Å²) in [5.41, 5.74) is 5.40. The molecule has 43 heavy (non-hydrogen) atoms. The zero-order chi connectivity index (χ0) is 32.1. The molecule has 1 N–H and O–H groups in total. The van der Waals surface area contributed by atoms with Crippen LogP contribution in [-0.4, -0.2) is 67.7 Å². The van der Waals surface area contributed by atoms with Gasteiger partial charge in [0.25, 0.3) is 0 Å². The smallest absolute Gasteiger partial charge is 0.475 e. The number of aromatic nitrogens is 6. The van der Waals surface area contributed by atoms with Crippen molar-refractivity contribution in [1.82, 2.24) is 29.7 Å². The molecule has 230 valence electrons. The first-order valence-electron chi connectivity index (χ1n) is 12.8. The van der Waals surface area contributed by atoms with Crippen LogP contribution in [0, 0.1) is 27.7 Å². The third-order valence-electron chi connectivity index (χ3n) is 6.40. The maximum atomic E-state index is 13.7. The van der Waals surface area contributed by atoms with Crippen LogP contribution in [0.25, 0.3) is 17.1 Å². The predicted octanol–water partition coefficient (Wildman–Crippen LogP) is 4.68. The molecule has 2 atom stereocenters. The first kappa shape index (κ1) is 33.3. The number of ether oxygens (including phenoxy) is 1. The van der Waals surface area contributed by atoms with Crippen LogP contribution >= 0.6 is 0 Å². The molecule has 0 radical (unpaired) electrons. The number of benzene rings is 1. The zero-order valence-electron chi connectivity index (χ0n) is 24.3.